The second kappa shape index (κ2) is 5.07. The van der Waals surface area contributed by atoms with E-state index in [1.165, 1.54) is 0 Å². The van der Waals surface area contributed by atoms with Gasteiger partial charge in [0.1, 0.15) is 11.6 Å². The van der Waals surface area contributed by atoms with Gasteiger partial charge in [0.15, 0.2) is 0 Å². The summed E-state index contributed by atoms with van der Waals surface area (Å²) in [6.45, 7) is 7.17. The third-order valence-corrected chi connectivity index (χ3v) is 2.40. The molecule has 0 amide bonds. The lowest BCUT2D eigenvalue weighted by Gasteiger charge is -2.15. The molecule has 0 saturated carbocycles. The van der Waals surface area contributed by atoms with Crippen molar-refractivity contribution in [1.29, 1.82) is 0 Å². The molecule has 2 unspecified atom stereocenters. The average molecular weight is 170 g/mol. The van der Waals surface area contributed by atoms with Gasteiger partial charge in [-0.3, -0.25) is 9.59 Å². The summed E-state index contributed by atoms with van der Waals surface area (Å²) >= 11 is 0. The molecular weight excluding hydrogens is 152 g/mol. The van der Waals surface area contributed by atoms with E-state index in [1.54, 1.807) is 6.92 Å². The van der Waals surface area contributed by atoms with Crippen molar-refractivity contribution >= 4 is 11.6 Å². The van der Waals surface area contributed by atoms with Gasteiger partial charge in [0.2, 0.25) is 0 Å². The van der Waals surface area contributed by atoms with Crippen LogP contribution >= 0.6 is 0 Å². The molecule has 0 bridgehead atoms. The molecule has 2 atom stereocenters. The van der Waals surface area contributed by atoms with Gasteiger partial charge in [-0.05, 0) is 13.3 Å². The molecule has 12 heavy (non-hydrogen) atoms. The van der Waals surface area contributed by atoms with Crippen molar-refractivity contribution in [3.8, 4) is 0 Å². The van der Waals surface area contributed by atoms with Crippen molar-refractivity contribution in [1.82, 2.24) is 0 Å². The number of Topliss-reactive ketones (excluding diaryl/α,β-unsaturated/α-hetero) is 2. The van der Waals surface area contributed by atoms with Crippen LogP contribution in [0.5, 0.6) is 0 Å². The molecule has 0 aromatic carbocycles. The van der Waals surface area contributed by atoms with E-state index in [-0.39, 0.29) is 23.4 Å². The normalized spacial score (nSPS) is 15.3. The summed E-state index contributed by atoms with van der Waals surface area (Å²) in [6.07, 6.45) is 1.46. The second-order valence-electron chi connectivity index (χ2n) is 3.40. The van der Waals surface area contributed by atoms with E-state index in [2.05, 4.69) is 0 Å². The van der Waals surface area contributed by atoms with Gasteiger partial charge in [0.05, 0.1) is 0 Å². The molecule has 2 nitrogen and oxygen atoms in total. The first-order chi connectivity index (χ1) is 5.50. The number of ketones is 2. The lowest BCUT2D eigenvalue weighted by Crippen LogP contribution is -2.23. The van der Waals surface area contributed by atoms with Crippen LogP contribution in [0.25, 0.3) is 0 Å². The van der Waals surface area contributed by atoms with Gasteiger partial charge < -0.3 is 0 Å². The molecule has 0 aliphatic rings. The Kier molecular flexibility index (Phi) is 4.79. The summed E-state index contributed by atoms with van der Waals surface area (Å²) in [5, 5.41) is 0. The summed E-state index contributed by atoms with van der Waals surface area (Å²) in [4.78, 5) is 22.3. The van der Waals surface area contributed by atoms with E-state index >= 15 is 0 Å². The van der Waals surface area contributed by atoms with E-state index in [0.717, 1.165) is 6.42 Å². The first-order valence-electron chi connectivity index (χ1n) is 4.53. The van der Waals surface area contributed by atoms with Gasteiger partial charge in [-0.25, -0.2) is 0 Å². The summed E-state index contributed by atoms with van der Waals surface area (Å²) in [5.74, 6) is 0.0821. The van der Waals surface area contributed by atoms with Crippen LogP contribution in [-0.2, 0) is 9.59 Å². The van der Waals surface area contributed by atoms with Crippen LogP contribution < -0.4 is 0 Å². The number of rotatable bonds is 5. The zero-order valence-corrected chi connectivity index (χ0v) is 8.39. The molecule has 0 aromatic rings. The minimum atomic E-state index is -0.121. The number of hydrogen-bond donors (Lipinski definition) is 0. The molecule has 0 N–H and O–H groups in total. The highest BCUT2D eigenvalue weighted by Crippen LogP contribution is 2.15. The van der Waals surface area contributed by atoms with Crippen LogP contribution in [-0.4, -0.2) is 11.6 Å². The maximum absolute atomic E-state index is 11.3. The maximum Gasteiger partial charge on any atom is 0.136 e. The maximum atomic E-state index is 11.3. The Bertz CT molecular complexity index is 173. The Morgan fingerprint density at radius 1 is 1.17 bits per heavy atom. The van der Waals surface area contributed by atoms with Gasteiger partial charge in [-0.1, -0.05) is 20.8 Å². The Morgan fingerprint density at radius 2 is 1.67 bits per heavy atom. The zero-order valence-electron chi connectivity index (χ0n) is 8.39. The predicted molar refractivity (Wildman–Crippen MR) is 48.9 cm³/mol. The molecule has 0 aliphatic carbocycles. The molecule has 0 aliphatic heterocycles. The minimum absolute atomic E-state index is 0.104. The van der Waals surface area contributed by atoms with E-state index in [0.29, 0.717) is 6.42 Å². The fourth-order valence-corrected chi connectivity index (χ4v) is 1.10. The standard InChI is InChI=1S/C10H18O2/c1-5-6-10(12)8(3)7(2)9(4)11/h7-8H,5-6H2,1-4H3. The summed E-state index contributed by atoms with van der Waals surface area (Å²) in [5.41, 5.74) is 0. The van der Waals surface area contributed by atoms with Crippen LogP contribution in [0.3, 0.4) is 0 Å². The second-order valence-corrected chi connectivity index (χ2v) is 3.40. The third-order valence-electron chi connectivity index (χ3n) is 2.40. The lowest BCUT2D eigenvalue weighted by atomic mass is 9.87. The Labute approximate surface area is 74.3 Å². The van der Waals surface area contributed by atoms with Crippen molar-refractivity contribution in [2.45, 2.75) is 40.5 Å². The van der Waals surface area contributed by atoms with Gasteiger partial charge in [-0.15, -0.1) is 0 Å². The number of carbonyl (C=O) groups excluding carboxylic acids is 2. The largest absolute Gasteiger partial charge is 0.300 e. The van der Waals surface area contributed by atoms with E-state index in [9.17, 15) is 9.59 Å². The third kappa shape index (κ3) is 3.16. The van der Waals surface area contributed by atoms with Gasteiger partial charge in [0.25, 0.3) is 0 Å². The van der Waals surface area contributed by atoms with E-state index in [1.807, 2.05) is 20.8 Å². The molecule has 70 valence electrons. The highest BCUT2D eigenvalue weighted by molar-refractivity contribution is 5.88. The number of carbonyl (C=O) groups is 2. The molecule has 0 rings (SSSR count). The first-order valence-corrected chi connectivity index (χ1v) is 4.53. The summed E-state index contributed by atoms with van der Waals surface area (Å²) in [7, 11) is 0. The molecule has 0 radical (unpaired) electrons. The van der Waals surface area contributed by atoms with Crippen LogP contribution in [0, 0.1) is 11.8 Å². The molecule has 0 saturated heterocycles. The molecule has 0 aromatic heterocycles. The van der Waals surface area contributed by atoms with Crippen molar-refractivity contribution in [2.24, 2.45) is 11.8 Å². The molecule has 0 spiro atoms. The fraction of sp³-hybridized carbons (Fsp3) is 0.800. The fourth-order valence-electron chi connectivity index (χ4n) is 1.10. The lowest BCUT2D eigenvalue weighted by molar-refractivity contribution is -0.130. The van der Waals surface area contributed by atoms with Gasteiger partial charge >= 0.3 is 0 Å². The molecular formula is C10H18O2. The summed E-state index contributed by atoms with van der Waals surface area (Å²) < 4.78 is 0. The quantitative estimate of drug-likeness (QED) is 0.634. The highest BCUT2D eigenvalue weighted by atomic mass is 16.1. The smallest absolute Gasteiger partial charge is 0.136 e. The van der Waals surface area contributed by atoms with E-state index in [4.69, 9.17) is 0 Å². The molecule has 2 heteroatoms. The van der Waals surface area contributed by atoms with E-state index < -0.39 is 0 Å². The molecule has 0 heterocycles. The monoisotopic (exact) mass is 170 g/mol. The Balaban J connectivity index is 4.09. The zero-order chi connectivity index (χ0) is 9.72. The Hall–Kier alpha value is -0.660. The van der Waals surface area contributed by atoms with Crippen molar-refractivity contribution < 1.29 is 9.59 Å². The van der Waals surface area contributed by atoms with Crippen LogP contribution in [0.1, 0.15) is 40.5 Å². The van der Waals surface area contributed by atoms with Crippen molar-refractivity contribution in [3.05, 3.63) is 0 Å². The molecule has 0 fully saturated rings. The van der Waals surface area contributed by atoms with Crippen molar-refractivity contribution in [2.75, 3.05) is 0 Å². The highest BCUT2D eigenvalue weighted by Gasteiger charge is 2.22. The van der Waals surface area contributed by atoms with Gasteiger partial charge in [0, 0.05) is 18.3 Å². The average Bonchev–Trinajstić information content (AvgIpc) is 2.02. The minimum Gasteiger partial charge on any atom is -0.300 e. The topological polar surface area (TPSA) is 34.1 Å². The van der Waals surface area contributed by atoms with Crippen LogP contribution in [0.4, 0.5) is 0 Å². The first kappa shape index (κ1) is 11.3. The SMILES string of the molecule is CCCC(=O)C(C)C(C)C(C)=O. The number of hydrogen-bond acceptors (Lipinski definition) is 2. The van der Waals surface area contributed by atoms with Crippen LogP contribution in [0.15, 0.2) is 0 Å². The predicted octanol–water partition coefficient (Wildman–Crippen LogP) is 2.22. The van der Waals surface area contributed by atoms with Crippen molar-refractivity contribution in [3.63, 3.8) is 0 Å². The van der Waals surface area contributed by atoms with Gasteiger partial charge in [-0.2, -0.15) is 0 Å². The summed E-state index contributed by atoms with van der Waals surface area (Å²) in [6, 6.07) is 0. The van der Waals surface area contributed by atoms with Crippen LogP contribution in [0.2, 0.25) is 0 Å². The Morgan fingerprint density at radius 3 is 2.00 bits per heavy atom.